The molecule has 1 aliphatic rings. The molecule has 0 aromatic heterocycles. The lowest BCUT2D eigenvalue weighted by molar-refractivity contribution is 0.294. The minimum atomic E-state index is 0.451. The average molecular weight is 179 g/mol. The zero-order valence-corrected chi connectivity index (χ0v) is 9.30. The summed E-state index contributed by atoms with van der Waals surface area (Å²) in [7, 11) is 0. The van der Waals surface area contributed by atoms with Crippen molar-refractivity contribution >= 4 is 0 Å². The molecule has 1 fully saturated rings. The van der Waals surface area contributed by atoms with Crippen molar-refractivity contribution in [3.63, 3.8) is 0 Å². The monoisotopic (exact) mass is 179 g/mol. The van der Waals surface area contributed by atoms with E-state index >= 15 is 0 Å². The molecule has 1 nitrogen and oxygen atoms in total. The van der Waals surface area contributed by atoms with E-state index in [1.54, 1.807) is 0 Å². The van der Waals surface area contributed by atoms with E-state index in [0.29, 0.717) is 6.04 Å². The van der Waals surface area contributed by atoms with Gasteiger partial charge in [-0.05, 0) is 18.8 Å². The highest BCUT2D eigenvalue weighted by Gasteiger charge is 2.28. The van der Waals surface area contributed by atoms with Gasteiger partial charge in [0.25, 0.3) is 0 Å². The van der Waals surface area contributed by atoms with Crippen molar-refractivity contribution in [1.29, 1.82) is 0 Å². The largest absolute Gasteiger partial charge is 0.289 e. The van der Waals surface area contributed by atoms with Gasteiger partial charge in [-0.2, -0.15) is 0 Å². The smallest absolute Gasteiger partial charge is 0.0686 e. The minimum absolute atomic E-state index is 0.451. The topological polar surface area (TPSA) is 3.24 Å². The fourth-order valence-electron chi connectivity index (χ4n) is 1.83. The molecule has 1 rings (SSSR count). The lowest BCUT2D eigenvalue weighted by atomic mass is 10.0. The number of hydrogen-bond acceptors (Lipinski definition) is 1. The predicted octanol–water partition coefficient (Wildman–Crippen LogP) is 2.38. The number of hydrogen-bond donors (Lipinski definition) is 0. The minimum Gasteiger partial charge on any atom is -0.289 e. The molecule has 0 aromatic carbocycles. The van der Waals surface area contributed by atoms with Crippen molar-refractivity contribution < 1.29 is 0 Å². The van der Waals surface area contributed by atoms with Crippen LogP contribution in [0.15, 0.2) is 0 Å². The molecule has 0 aromatic rings. The van der Waals surface area contributed by atoms with Crippen LogP contribution in [0, 0.1) is 23.7 Å². The first-order valence-corrected chi connectivity index (χ1v) is 5.37. The molecule has 0 spiro atoms. The van der Waals surface area contributed by atoms with Gasteiger partial charge in [-0.3, -0.25) is 4.90 Å². The molecule has 0 amide bonds. The Morgan fingerprint density at radius 2 is 1.85 bits per heavy atom. The highest BCUT2D eigenvalue weighted by molar-refractivity contribution is 5.07. The van der Waals surface area contributed by atoms with Crippen LogP contribution in [-0.4, -0.2) is 24.0 Å². The molecule has 0 bridgehead atoms. The maximum absolute atomic E-state index is 3.29. The SMILES string of the molecule is CCC#CC(C)N1CC(C)C(C)C1. The molecule has 0 radical (unpaired) electrons. The van der Waals surface area contributed by atoms with Gasteiger partial charge >= 0.3 is 0 Å². The van der Waals surface area contributed by atoms with Gasteiger partial charge < -0.3 is 0 Å². The second-order valence-electron chi connectivity index (χ2n) is 4.26. The van der Waals surface area contributed by atoms with Crippen LogP contribution in [0.1, 0.15) is 34.1 Å². The van der Waals surface area contributed by atoms with Gasteiger partial charge in [0.2, 0.25) is 0 Å². The lowest BCUT2D eigenvalue weighted by Crippen LogP contribution is -2.29. The maximum Gasteiger partial charge on any atom is 0.0686 e. The Bertz CT molecular complexity index is 201. The molecule has 0 aliphatic carbocycles. The lowest BCUT2D eigenvalue weighted by Gasteiger charge is -2.18. The molecule has 74 valence electrons. The van der Waals surface area contributed by atoms with Crippen LogP contribution in [0.25, 0.3) is 0 Å². The van der Waals surface area contributed by atoms with Crippen molar-refractivity contribution in [3.05, 3.63) is 0 Å². The summed E-state index contributed by atoms with van der Waals surface area (Å²) < 4.78 is 0. The van der Waals surface area contributed by atoms with Crippen LogP contribution in [0.4, 0.5) is 0 Å². The molecule has 0 saturated carbocycles. The van der Waals surface area contributed by atoms with Gasteiger partial charge in [0.15, 0.2) is 0 Å². The van der Waals surface area contributed by atoms with E-state index in [2.05, 4.69) is 44.4 Å². The van der Waals surface area contributed by atoms with E-state index in [-0.39, 0.29) is 0 Å². The highest BCUT2D eigenvalue weighted by atomic mass is 15.2. The van der Waals surface area contributed by atoms with Crippen LogP contribution in [0.2, 0.25) is 0 Å². The second-order valence-corrected chi connectivity index (χ2v) is 4.26. The van der Waals surface area contributed by atoms with Crippen molar-refractivity contribution in [1.82, 2.24) is 4.90 Å². The summed E-state index contributed by atoms with van der Waals surface area (Å²) in [5.74, 6) is 8.13. The Morgan fingerprint density at radius 1 is 1.31 bits per heavy atom. The standard InChI is InChI=1S/C12H21N/c1-5-6-7-12(4)13-8-10(2)11(3)9-13/h10-12H,5,8-9H2,1-4H3. The van der Waals surface area contributed by atoms with E-state index < -0.39 is 0 Å². The molecule has 3 atom stereocenters. The summed E-state index contributed by atoms with van der Waals surface area (Å²) in [6, 6.07) is 0.451. The molecule has 13 heavy (non-hydrogen) atoms. The molecular formula is C12H21N. The summed E-state index contributed by atoms with van der Waals surface area (Å²) in [6.45, 7) is 11.4. The summed E-state index contributed by atoms with van der Waals surface area (Å²) in [5, 5.41) is 0. The van der Waals surface area contributed by atoms with Crippen molar-refractivity contribution in [2.75, 3.05) is 13.1 Å². The number of nitrogens with zero attached hydrogens (tertiary/aromatic N) is 1. The normalized spacial score (nSPS) is 31.1. The van der Waals surface area contributed by atoms with E-state index in [0.717, 1.165) is 18.3 Å². The summed E-state index contributed by atoms with van der Waals surface area (Å²) in [6.07, 6.45) is 0.975. The highest BCUT2D eigenvalue weighted by Crippen LogP contribution is 2.23. The maximum atomic E-state index is 3.29. The fourth-order valence-corrected chi connectivity index (χ4v) is 1.83. The first-order valence-electron chi connectivity index (χ1n) is 5.37. The average Bonchev–Trinajstić information content (AvgIpc) is 2.43. The third kappa shape index (κ3) is 2.74. The van der Waals surface area contributed by atoms with Gasteiger partial charge in [-0.25, -0.2) is 0 Å². The van der Waals surface area contributed by atoms with Gasteiger partial charge in [0.05, 0.1) is 6.04 Å². The fraction of sp³-hybridized carbons (Fsp3) is 0.833. The Labute approximate surface area is 82.5 Å². The van der Waals surface area contributed by atoms with Crippen molar-refractivity contribution in [2.24, 2.45) is 11.8 Å². The van der Waals surface area contributed by atoms with Gasteiger partial charge in [0, 0.05) is 19.5 Å². The summed E-state index contributed by atoms with van der Waals surface area (Å²) in [4.78, 5) is 2.50. The zero-order valence-electron chi connectivity index (χ0n) is 9.30. The Balaban J connectivity index is 2.45. The van der Waals surface area contributed by atoms with E-state index in [1.807, 2.05) is 0 Å². The first-order chi connectivity index (χ1) is 6.15. The Hall–Kier alpha value is -0.480. The van der Waals surface area contributed by atoms with E-state index in [4.69, 9.17) is 0 Å². The Morgan fingerprint density at radius 3 is 2.31 bits per heavy atom. The summed E-state index contributed by atoms with van der Waals surface area (Å²) in [5.41, 5.74) is 0. The number of rotatable bonds is 1. The van der Waals surface area contributed by atoms with E-state index in [1.165, 1.54) is 13.1 Å². The molecule has 1 heterocycles. The molecule has 1 heteroatoms. The molecule has 3 unspecified atom stereocenters. The van der Waals surface area contributed by atoms with Crippen LogP contribution >= 0.6 is 0 Å². The first kappa shape index (κ1) is 10.6. The molecule has 1 aliphatic heterocycles. The third-order valence-corrected chi connectivity index (χ3v) is 3.05. The molecular weight excluding hydrogens is 158 g/mol. The van der Waals surface area contributed by atoms with Gasteiger partial charge in [0.1, 0.15) is 0 Å². The Kier molecular flexibility index (Phi) is 3.81. The molecule has 1 saturated heterocycles. The van der Waals surface area contributed by atoms with Crippen LogP contribution in [0.3, 0.4) is 0 Å². The van der Waals surface area contributed by atoms with Crippen LogP contribution < -0.4 is 0 Å². The zero-order chi connectivity index (χ0) is 9.84. The summed E-state index contributed by atoms with van der Waals surface area (Å²) >= 11 is 0. The van der Waals surface area contributed by atoms with E-state index in [9.17, 15) is 0 Å². The van der Waals surface area contributed by atoms with Crippen molar-refractivity contribution in [3.8, 4) is 11.8 Å². The van der Waals surface area contributed by atoms with Crippen LogP contribution in [0.5, 0.6) is 0 Å². The number of likely N-dealkylation sites (tertiary alicyclic amines) is 1. The third-order valence-electron chi connectivity index (χ3n) is 3.05. The molecule has 0 N–H and O–H groups in total. The van der Waals surface area contributed by atoms with Crippen molar-refractivity contribution in [2.45, 2.75) is 40.2 Å². The quantitative estimate of drug-likeness (QED) is 0.559. The van der Waals surface area contributed by atoms with Gasteiger partial charge in [-0.1, -0.05) is 26.7 Å². The van der Waals surface area contributed by atoms with Gasteiger partial charge in [-0.15, -0.1) is 5.92 Å². The predicted molar refractivity (Wildman–Crippen MR) is 57.4 cm³/mol. The second kappa shape index (κ2) is 4.67. The van der Waals surface area contributed by atoms with Crippen LogP contribution in [-0.2, 0) is 0 Å².